The number of hydrazone groups is 1. The largest absolute Gasteiger partial charge is 0.336 e. The van der Waals surface area contributed by atoms with Crippen LogP contribution in [0, 0.1) is 0 Å². The molecule has 0 bridgehead atoms. The zero-order chi connectivity index (χ0) is 15.6. The minimum Gasteiger partial charge on any atom is -0.336 e. The Morgan fingerprint density at radius 2 is 2.10 bits per heavy atom. The second-order valence-corrected chi connectivity index (χ2v) is 7.22. The van der Waals surface area contributed by atoms with Crippen LogP contribution in [0.15, 0.2) is 5.10 Å². The first-order valence-corrected chi connectivity index (χ1v) is 8.76. The lowest BCUT2D eigenvalue weighted by Gasteiger charge is -2.33. The van der Waals surface area contributed by atoms with Crippen LogP contribution in [0.4, 0.5) is 0 Å². The molecule has 118 valence electrons. The molecule has 1 saturated heterocycles. The molecule has 21 heavy (non-hydrogen) atoms. The fourth-order valence-corrected chi connectivity index (χ4v) is 3.36. The monoisotopic (exact) mass is 316 g/mol. The Labute approximate surface area is 124 Å². The molecular formula is C12H20N4O4S. The number of nitrogens with zero attached hydrogens (tertiary/aromatic N) is 3. The number of nitrogens with one attached hydrogen (secondary N) is 1. The highest BCUT2D eigenvalue weighted by Crippen LogP contribution is 2.15. The molecule has 1 atom stereocenters. The van der Waals surface area contributed by atoms with Crippen molar-refractivity contribution in [2.75, 3.05) is 26.4 Å². The normalized spacial score (nSPS) is 24.0. The summed E-state index contributed by atoms with van der Waals surface area (Å²) in [7, 11) is -1.76. The van der Waals surface area contributed by atoms with Crippen LogP contribution in [-0.2, 0) is 19.6 Å². The molecule has 0 aromatic carbocycles. The lowest BCUT2D eigenvalue weighted by atomic mass is 10.0. The lowest BCUT2D eigenvalue weighted by molar-refractivity contribution is -0.130. The van der Waals surface area contributed by atoms with E-state index in [-0.39, 0.29) is 24.3 Å². The quantitative estimate of drug-likeness (QED) is 0.732. The zero-order valence-corrected chi connectivity index (χ0v) is 13.0. The lowest BCUT2D eigenvalue weighted by Crippen LogP contribution is -2.51. The predicted octanol–water partition coefficient (Wildman–Crippen LogP) is -0.865. The van der Waals surface area contributed by atoms with Gasteiger partial charge in [-0.1, -0.05) is 0 Å². The first kappa shape index (κ1) is 15.9. The van der Waals surface area contributed by atoms with Gasteiger partial charge in [0.25, 0.3) is 5.91 Å². The summed E-state index contributed by atoms with van der Waals surface area (Å²) in [5, 5.41) is 5.20. The molecule has 2 aliphatic heterocycles. The van der Waals surface area contributed by atoms with Crippen LogP contribution in [0.2, 0.25) is 0 Å². The molecule has 0 unspecified atom stereocenters. The summed E-state index contributed by atoms with van der Waals surface area (Å²) in [6.07, 6.45) is 3.17. The van der Waals surface area contributed by atoms with Gasteiger partial charge in [-0.05, 0) is 12.8 Å². The van der Waals surface area contributed by atoms with E-state index in [1.807, 2.05) is 0 Å². The SMILES string of the molecule is CN1N=C(C(=O)N2CCC[C@@H](NS(C)(=O)=O)C2)CCC1=O. The number of hydrogen-bond acceptors (Lipinski definition) is 5. The summed E-state index contributed by atoms with van der Waals surface area (Å²) < 4.78 is 25.1. The summed E-state index contributed by atoms with van der Waals surface area (Å²) in [5.41, 5.74) is 0.358. The third-order valence-corrected chi connectivity index (χ3v) is 4.31. The van der Waals surface area contributed by atoms with Crippen LogP contribution in [0.3, 0.4) is 0 Å². The summed E-state index contributed by atoms with van der Waals surface area (Å²) in [6, 6.07) is -0.263. The topological polar surface area (TPSA) is 99.2 Å². The molecule has 2 rings (SSSR count). The molecule has 2 heterocycles. The van der Waals surface area contributed by atoms with E-state index in [1.54, 1.807) is 4.90 Å². The van der Waals surface area contributed by atoms with Crippen LogP contribution >= 0.6 is 0 Å². The van der Waals surface area contributed by atoms with Gasteiger partial charge in [-0.3, -0.25) is 9.59 Å². The van der Waals surface area contributed by atoms with Crippen molar-refractivity contribution >= 4 is 27.5 Å². The maximum atomic E-state index is 12.4. The van der Waals surface area contributed by atoms with Crippen molar-refractivity contribution in [3.05, 3.63) is 0 Å². The van der Waals surface area contributed by atoms with E-state index < -0.39 is 10.0 Å². The van der Waals surface area contributed by atoms with E-state index in [0.717, 1.165) is 12.7 Å². The maximum absolute atomic E-state index is 12.4. The molecule has 0 saturated carbocycles. The molecule has 2 amide bonds. The highest BCUT2D eigenvalue weighted by Gasteiger charge is 2.30. The number of hydrogen-bond donors (Lipinski definition) is 1. The Hall–Kier alpha value is -1.48. The van der Waals surface area contributed by atoms with Gasteiger partial charge < -0.3 is 4.90 Å². The van der Waals surface area contributed by atoms with Crippen molar-refractivity contribution in [2.45, 2.75) is 31.7 Å². The van der Waals surface area contributed by atoms with Crippen molar-refractivity contribution in [1.29, 1.82) is 0 Å². The molecule has 9 heteroatoms. The predicted molar refractivity (Wildman–Crippen MR) is 77.0 cm³/mol. The van der Waals surface area contributed by atoms with Crippen LogP contribution in [-0.4, -0.2) is 68.3 Å². The van der Waals surface area contributed by atoms with Gasteiger partial charge in [-0.2, -0.15) is 5.10 Å². The molecule has 0 aromatic rings. The molecule has 0 aliphatic carbocycles. The fraction of sp³-hybridized carbons (Fsp3) is 0.750. The number of piperidine rings is 1. The van der Waals surface area contributed by atoms with Crippen LogP contribution in [0.25, 0.3) is 0 Å². The van der Waals surface area contributed by atoms with E-state index in [1.165, 1.54) is 12.1 Å². The number of carbonyl (C=O) groups is 2. The third-order valence-electron chi connectivity index (χ3n) is 3.54. The van der Waals surface area contributed by atoms with Gasteiger partial charge in [0, 0.05) is 39.0 Å². The number of likely N-dealkylation sites (tertiary alicyclic amines) is 1. The van der Waals surface area contributed by atoms with E-state index in [4.69, 9.17) is 0 Å². The molecule has 0 spiro atoms. The maximum Gasteiger partial charge on any atom is 0.270 e. The smallest absolute Gasteiger partial charge is 0.270 e. The van der Waals surface area contributed by atoms with E-state index in [2.05, 4.69) is 9.82 Å². The second kappa shape index (κ2) is 6.10. The van der Waals surface area contributed by atoms with Crippen LogP contribution < -0.4 is 4.72 Å². The molecule has 1 fully saturated rings. The Morgan fingerprint density at radius 3 is 2.71 bits per heavy atom. The van der Waals surface area contributed by atoms with Crippen molar-refractivity contribution in [3.8, 4) is 0 Å². The van der Waals surface area contributed by atoms with Gasteiger partial charge in [0.05, 0.1) is 6.26 Å². The molecule has 0 aromatic heterocycles. The summed E-state index contributed by atoms with van der Waals surface area (Å²) in [5.74, 6) is -0.323. The number of amides is 2. The molecule has 0 radical (unpaired) electrons. The van der Waals surface area contributed by atoms with Crippen LogP contribution in [0.5, 0.6) is 0 Å². The van der Waals surface area contributed by atoms with Gasteiger partial charge in [0.1, 0.15) is 5.71 Å². The second-order valence-electron chi connectivity index (χ2n) is 5.44. The highest BCUT2D eigenvalue weighted by atomic mass is 32.2. The Kier molecular flexibility index (Phi) is 4.62. The average Bonchev–Trinajstić information content (AvgIpc) is 2.39. The van der Waals surface area contributed by atoms with Crippen LogP contribution in [0.1, 0.15) is 25.7 Å². The van der Waals surface area contributed by atoms with Gasteiger partial charge >= 0.3 is 0 Å². The van der Waals surface area contributed by atoms with Crippen molar-refractivity contribution in [3.63, 3.8) is 0 Å². The van der Waals surface area contributed by atoms with Gasteiger partial charge in [-0.25, -0.2) is 18.1 Å². The van der Waals surface area contributed by atoms with E-state index >= 15 is 0 Å². The fourth-order valence-electron chi connectivity index (χ4n) is 2.57. The summed E-state index contributed by atoms with van der Waals surface area (Å²) in [6.45, 7) is 0.917. The van der Waals surface area contributed by atoms with E-state index in [0.29, 0.717) is 31.6 Å². The molecule has 8 nitrogen and oxygen atoms in total. The summed E-state index contributed by atoms with van der Waals surface area (Å²) in [4.78, 5) is 25.4. The summed E-state index contributed by atoms with van der Waals surface area (Å²) >= 11 is 0. The van der Waals surface area contributed by atoms with Gasteiger partial charge in [-0.15, -0.1) is 0 Å². The van der Waals surface area contributed by atoms with Gasteiger partial charge in [0.15, 0.2) is 0 Å². The zero-order valence-electron chi connectivity index (χ0n) is 12.2. The first-order chi connectivity index (χ1) is 9.76. The Morgan fingerprint density at radius 1 is 1.38 bits per heavy atom. The molecular weight excluding hydrogens is 296 g/mol. The number of rotatable bonds is 3. The minimum absolute atomic E-state index is 0.109. The average molecular weight is 316 g/mol. The van der Waals surface area contributed by atoms with Crippen molar-refractivity contribution in [2.24, 2.45) is 5.10 Å². The Bertz CT molecular complexity index is 572. The minimum atomic E-state index is -3.28. The number of sulfonamides is 1. The van der Waals surface area contributed by atoms with Crippen molar-refractivity contribution in [1.82, 2.24) is 14.6 Å². The Balaban J connectivity index is 2.02. The standard InChI is InChI=1S/C12H20N4O4S/c1-15-11(17)6-5-10(13-15)12(18)16-7-3-4-9(8-16)14-21(2,19)20/h9,14H,3-8H2,1-2H3/t9-/m1/s1. The first-order valence-electron chi connectivity index (χ1n) is 6.87. The van der Waals surface area contributed by atoms with Gasteiger partial charge in [0.2, 0.25) is 15.9 Å². The number of carbonyl (C=O) groups excluding carboxylic acids is 2. The third kappa shape index (κ3) is 4.24. The molecule has 1 N–H and O–H groups in total. The molecule has 2 aliphatic rings. The van der Waals surface area contributed by atoms with E-state index in [9.17, 15) is 18.0 Å². The highest BCUT2D eigenvalue weighted by molar-refractivity contribution is 7.88. The van der Waals surface area contributed by atoms with Crippen molar-refractivity contribution < 1.29 is 18.0 Å².